The highest BCUT2D eigenvalue weighted by Crippen LogP contribution is 2.53. The Balaban J connectivity index is 1.61. The first-order chi connectivity index (χ1) is 6.65. The lowest BCUT2D eigenvalue weighted by Crippen LogP contribution is -2.31. The Morgan fingerprint density at radius 2 is 1.93 bits per heavy atom. The van der Waals surface area contributed by atoms with Crippen molar-refractivity contribution >= 4 is 0 Å². The first-order valence-corrected chi connectivity index (χ1v) is 6.37. The molecule has 0 aromatic heterocycles. The average molecular weight is 194 g/mol. The zero-order chi connectivity index (χ0) is 9.76. The minimum absolute atomic E-state index is 0.324. The van der Waals surface area contributed by atoms with E-state index in [-0.39, 0.29) is 5.60 Å². The number of hydrogen-bond acceptors (Lipinski definition) is 1. The van der Waals surface area contributed by atoms with Crippen molar-refractivity contribution in [2.45, 2.75) is 57.5 Å². The molecule has 0 aromatic carbocycles. The van der Waals surface area contributed by atoms with Crippen molar-refractivity contribution in [2.24, 2.45) is 23.7 Å². The highest BCUT2D eigenvalue weighted by atomic mass is 16.3. The molecule has 4 atom stereocenters. The van der Waals surface area contributed by atoms with Crippen LogP contribution in [0.5, 0.6) is 0 Å². The maximum absolute atomic E-state index is 10.3. The van der Waals surface area contributed by atoms with Crippen LogP contribution in [0.1, 0.15) is 51.9 Å². The third-order valence-electron chi connectivity index (χ3n) is 5.02. The lowest BCUT2D eigenvalue weighted by Gasteiger charge is -2.31. The molecule has 0 saturated heterocycles. The van der Waals surface area contributed by atoms with Gasteiger partial charge in [0.05, 0.1) is 5.60 Å². The molecule has 3 aliphatic rings. The molecular weight excluding hydrogens is 172 g/mol. The van der Waals surface area contributed by atoms with Gasteiger partial charge >= 0.3 is 0 Å². The van der Waals surface area contributed by atoms with E-state index in [1.165, 1.54) is 38.5 Å². The van der Waals surface area contributed by atoms with E-state index in [4.69, 9.17) is 0 Å². The second kappa shape index (κ2) is 2.98. The molecule has 1 N–H and O–H groups in total. The third kappa shape index (κ3) is 1.50. The summed E-state index contributed by atoms with van der Waals surface area (Å²) in [5.74, 6) is 3.51. The molecule has 3 aliphatic carbocycles. The van der Waals surface area contributed by atoms with Crippen molar-refractivity contribution in [1.82, 2.24) is 0 Å². The maximum atomic E-state index is 10.3. The van der Waals surface area contributed by atoms with Crippen LogP contribution in [0.15, 0.2) is 0 Å². The lowest BCUT2D eigenvalue weighted by atomic mass is 9.79. The molecular formula is C13H22O. The van der Waals surface area contributed by atoms with E-state index in [0.29, 0.717) is 5.92 Å². The van der Waals surface area contributed by atoms with Crippen LogP contribution in [0, 0.1) is 23.7 Å². The van der Waals surface area contributed by atoms with Crippen molar-refractivity contribution < 1.29 is 5.11 Å². The second-order valence-corrected chi connectivity index (χ2v) is 6.27. The minimum atomic E-state index is -0.324. The SMILES string of the molecule is CC(O)(CC1CC2CCC1C2)C1CC1. The molecule has 1 nitrogen and oxygen atoms in total. The molecule has 0 heterocycles. The summed E-state index contributed by atoms with van der Waals surface area (Å²) in [6, 6.07) is 0. The molecule has 3 fully saturated rings. The summed E-state index contributed by atoms with van der Waals surface area (Å²) >= 11 is 0. The summed E-state index contributed by atoms with van der Waals surface area (Å²) in [4.78, 5) is 0. The van der Waals surface area contributed by atoms with Gasteiger partial charge in [0.2, 0.25) is 0 Å². The Labute approximate surface area is 86.9 Å². The monoisotopic (exact) mass is 194 g/mol. The first kappa shape index (κ1) is 9.21. The van der Waals surface area contributed by atoms with Gasteiger partial charge in [-0.25, -0.2) is 0 Å². The molecule has 0 aliphatic heterocycles. The van der Waals surface area contributed by atoms with Crippen LogP contribution in [0.3, 0.4) is 0 Å². The molecule has 0 amide bonds. The Bertz CT molecular complexity index is 229. The fourth-order valence-electron chi connectivity index (χ4n) is 4.03. The predicted octanol–water partition coefficient (Wildman–Crippen LogP) is 2.97. The predicted molar refractivity (Wildman–Crippen MR) is 56.9 cm³/mol. The quantitative estimate of drug-likeness (QED) is 0.732. The van der Waals surface area contributed by atoms with Crippen molar-refractivity contribution in [1.29, 1.82) is 0 Å². The topological polar surface area (TPSA) is 20.2 Å². The summed E-state index contributed by atoms with van der Waals surface area (Å²) in [7, 11) is 0. The van der Waals surface area contributed by atoms with Gasteiger partial charge in [0.1, 0.15) is 0 Å². The molecule has 14 heavy (non-hydrogen) atoms. The smallest absolute Gasteiger partial charge is 0.0650 e. The Hall–Kier alpha value is -0.0400. The van der Waals surface area contributed by atoms with Crippen LogP contribution in [-0.2, 0) is 0 Å². The standard InChI is InChI=1S/C13H22O/c1-13(14,12-4-5-12)8-11-7-9-2-3-10(11)6-9/h9-12,14H,2-8H2,1H3. The number of rotatable bonds is 3. The summed E-state index contributed by atoms with van der Waals surface area (Å²) in [6.45, 7) is 2.08. The van der Waals surface area contributed by atoms with E-state index in [9.17, 15) is 5.11 Å². The summed E-state index contributed by atoms with van der Waals surface area (Å²) in [5, 5.41) is 10.3. The summed E-state index contributed by atoms with van der Waals surface area (Å²) in [5.41, 5.74) is -0.324. The van der Waals surface area contributed by atoms with Crippen molar-refractivity contribution in [3.63, 3.8) is 0 Å². The van der Waals surface area contributed by atoms with E-state index in [0.717, 1.165) is 24.2 Å². The van der Waals surface area contributed by atoms with E-state index in [2.05, 4.69) is 6.92 Å². The molecule has 0 radical (unpaired) electrons. The maximum Gasteiger partial charge on any atom is 0.0650 e. The molecule has 3 saturated carbocycles. The van der Waals surface area contributed by atoms with E-state index in [1.807, 2.05) is 0 Å². The molecule has 3 rings (SSSR count). The highest BCUT2D eigenvalue weighted by Gasteiger charge is 2.46. The zero-order valence-electron chi connectivity index (χ0n) is 9.21. The van der Waals surface area contributed by atoms with Crippen molar-refractivity contribution in [3.8, 4) is 0 Å². The Morgan fingerprint density at radius 1 is 1.14 bits per heavy atom. The van der Waals surface area contributed by atoms with Gasteiger partial charge in [-0.2, -0.15) is 0 Å². The highest BCUT2D eigenvalue weighted by molar-refractivity contribution is 4.97. The molecule has 0 aromatic rings. The number of fused-ring (bicyclic) bond motifs is 2. The van der Waals surface area contributed by atoms with Gasteiger partial charge in [-0.3, -0.25) is 0 Å². The first-order valence-electron chi connectivity index (χ1n) is 6.37. The Morgan fingerprint density at radius 3 is 2.43 bits per heavy atom. The van der Waals surface area contributed by atoms with Gasteiger partial charge in [-0.1, -0.05) is 6.42 Å². The molecule has 1 heteroatoms. The third-order valence-corrected chi connectivity index (χ3v) is 5.02. The van der Waals surface area contributed by atoms with Gasteiger partial charge < -0.3 is 5.11 Å². The Kier molecular flexibility index (Phi) is 1.96. The van der Waals surface area contributed by atoms with Crippen LogP contribution >= 0.6 is 0 Å². The molecule has 0 spiro atoms. The van der Waals surface area contributed by atoms with Crippen LogP contribution in [0.2, 0.25) is 0 Å². The van der Waals surface area contributed by atoms with Gasteiger partial charge in [-0.05, 0) is 69.1 Å². The van der Waals surface area contributed by atoms with Crippen LogP contribution in [-0.4, -0.2) is 10.7 Å². The van der Waals surface area contributed by atoms with Crippen molar-refractivity contribution in [2.75, 3.05) is 0 Å². The van der Waals surface area contributed by atoms with Gasteiger partial charge in [0, 0.05) is 0 Å². The molecule has 4 unspecified atom stereocenters. The largest absolute Gasteiger partial charge is 0.390 e. The van der Waals surface area contributed by atoms with Gasteiger partial charge in [0.25, 0.3) is 0 Å². The fourth-order valence-corrected chi connectivity index (χ4v) is 4.03. The van der Waals surface area contributed by atoms with E-state index in [1.54, 1.807) is 0 Å². The van der Waals surface area contributed by atoms with E-state index < -0.39 is 0 Å². The average Bonchev–Trinajstić information content (AvgIpc) is 2.81. The number of aliphatic hydroxyl groups is 1. The molecule has 80 valence electrons. The van der Waals surface area contributed by atoms with Crippen molar-refractivity contribution in [3.05, 3.63) is 0 Å². The number of hydrogen-bond donors (Lipinski definition) is 1. The zero-order valence-corrected chi connectivity index (χ0v) is 9.21. The minimum Gasteiger partial charge on any atom is -0.390 e. The van der Waals surface area contributed by atoms with Crippen LogP contribution in [0.4, 0.5) is 0 Å². The second-order valence-electron chi connectivity index (χ2n) is 6.27. The van der Waals surface area contributed by atoms with Crippen LogP contribution < -0.4 is 0 Å². The summed E-state index contributed by atoms with van der Waals surface area (Å²) < 4.78 is 0. The normalized spacial score (nSPS) is 45.4. The fraction of sp³-hybridized carbons (Fsp3) is 1.00. The van der Waals surface area contributed by atoms with Gasteiger partial charge in [0.15, 0.2) is 0 Å². The lowest BCUT2D eigenvalue weighted by molar-refractivity contribution is 0.00388. The van der Waals surface area contributed by atoms with Gasteiger partial charge in [-0.15, -0.1) is 0 Å². The van der Waals surface area contributed by atoms with Crippen LogP contribution in [0.25, 0.3) is 0 Å². The summed E-state index contributed by atoms with van der Waals surface area (Å²) in [6.07, 6.45) is 9.47. The molecule has 2 bridgehead atoms. The van der Waals surface area contributed by atoms with E-state index >= 15 is 0 Å².